The van der Waals surface area contributed by atoms with Gasteiger partial charge in [-0.2, -0.15) is 0 Å². The molecule has 0 aliphatic heterocycles. The third-order valence-corrected chi connectivity index (χ3v) is 15.8. The molecule has 6 nitrogen and oxygen atoms in total. The van der Waals surface area contributed by atoms with E-state index in [1.54, 1.807) is 0 Å². The standard InChI is InChI=1S/C70H46N6/c1-3-23-45(24-4-1)56-43-47(44-57(71-56)46-25-5-2-6-26-46)66-67(73-58-35-15-7-27-48(58)49-28-8-16-36-59(49)73)68(74-60-37-17-9-29-50(60)51-30-10-18-38-61(51)74)69(75-62-39-19-11-31-52(62)53-32-12-20-40-63(53)75)70(72-66)76-64-41-21-13-33-54(64)55-34-14-22-42-65(55)76/h1-7,9-27,29-44H,8,28H2. The Labute approximate surface area is 437 Å². The number of aryl methyl sites for hydroxylation is 1. The summed E-state index contributed by atoms with van der Waals surface area (Å²) in [6, 6.07) is 88.0. The van der Waals surface area contributed by atoms with Crippen molar-refractivity contribution in [2.24, 2.45) is 0 Å². The van der Waals surface area contributed by atoms with Crippen molar-refractivity contribution in [3.05, 3.63) is 260 Å². The lowest BCUT2D eigenvalue weighted by Crippen LogP contribution is -2.17. The molecular weight excluding hydrogens is 925 g/mol. The predicted octanol–water partition coefficient (Wildman–Crippen LogP) is 17.7. The molecule has 0 spiro atoms. The molecule has 356 valence electrons. The first-order valence-electron chi connectivity index (χ1n) is 26.2. The van der Waals surface area contributed by atoms with E-state index in [2.05, 4.69) is 273 Å². The molecule has 0 fully saturated rings. The maximum absolute atomic E-state index is 6.42. The van der Waals surface area contributed by atoms with Crippen LogP contribution in [-0.2, 0) is 6.42 Å². The topological polar surface area (TPSA) is 45.5 Å². The molecule has 76 heavy (non-hydrogen) atoms. The minimum absolute atomic E-state index is 0.805. The molecule has 1 aliphatic rings. The van der Waals surface area contributed by atoms with Gasteiger partial charge in [0.05, 0.1) is 61.4 Å². The Morgan fingerprint density at radius 2 is 0.671 bits per heavy atom. The molecule has 1 aliphatic carbocycles. The van der Waals surface area contributed by atoms with Gasteiger partial charge in [0.15, 0.2) is 5.82 Å². The zero-order valence-corrected chi connectivity index (χ0v) is 41.3. The van der Waals surface area contributed by atoms with Gasteiger partial charge in [-0.25, -0.2) is 9.97 Å². The second-order valence-electron chi connectivity index (χ2n) is 20.0. The van der Waals surface area contributed by atoms with E-state index in [9.17, 15) is 0 Å². The minimum Gasteiger partial charge on any atom is -0.306 e. The smallest absolute Gasteiger partial charge is 0.165 e. The molecule has 0 bridgehead atoms. The lowest BCUT2D eigenvalue weighted by atomic mass is 9.99. The molecule has 0 radical (unpaired) electrons. The van der Waals surface area contributed by atoms with Gasteiger partial charge in [-0.05, 0) is 79.1 Å². The lowest BCUT2D eigenvalue weighted by Gasteiger charge is -2.28. The summed E-state index contributed by atoms with van der Waals surface area (Å²) in [4.78, 5) is 11.9. The molecule has 15 aromatic rings. The van der Waals surface area contributed by atoms with Crippen LogP contribution in [0.2, 0.25) is 0 Å². The van der Waals surface area contributed by atoms with E-state index < -0.39 is 0 Å². The third kappa shape index (κ3) is 6.22. The highest BCUT2D eigenvalue weighted by Gasteiger charge is 2.34. The highest BCUT2D eigenvalue weighted by molar-refractivity contribution is 6.14. The van der Waals surface area contributed by atoms with Crippen LogP contribution < -0.4 is 0 Å². The van der Waals surface area contributed by atoms with Gasteiger partial charge in [-0.3, -0.25) is 4.57 Å². The van der Waals surface area contributed by atoms with E-state index in [-0.39, 0.29) is 0 Å². The van der Waals surface area contributed by atoms with Crippen molar-refractivity contribution >= 4 is 82.4 Å². The quantitative estimate of drug-likeness (QED) is 0.160. The highest BCUT2D eigenvalue weighted by Crippen LogP contribution is 2.49. The number of fused-ring (bicyclic) bond motifs is 12. The van der Waals surface area contributed by atoms with Crippen LogP contribution in [0.3, 0.4) is 0 Å². The molecule has 6 heterocycles. The highest BCUT2D eigenvalue weighted by atomic mass is 15.2. The van der Waals surface area contributed by atoms with E-state index in [1.165, 1.54) is 32.5 Å². The summed E-state index contributed by atoms with van der Waals surface area (Å²) < 4.78 is 10.1. The Hall–Kier alpha value is -10.0. The molecular formula is C70H46N6. The fraction of sp³-hybridized carbons (Fsp3) is 0.0286. The van der Waals surface area contributed by atoms with Gasteiger partial charge in [0, 0.05) is 60.1 Å². The van der Waals surface area contributed by atoms with Crippen LogP contribution in [0.4, 0.5) is 0 Å². The van der Waals surface area contributed by atoms with E-state index in [4.69, 9.17) is 9.97 Å². The zero-order chi connectivity index (χ0) is 49.8. The Bertz CT molecular complexity index is 4650. The van der Waals surface area contributed by atoms with E-state index in [0.717, 1.165) is 125 Å². The summed E-state index contributed by atoms with van der Waals surface area (Å²) in [5.74, 6) is 0.805. The van der Waals surface area contributed by atoms with Crippen molar-refractivity contribution in [1.82, 2.24) is 28.2 Å². The summed E-state index contributed by atoms with van der Waals surface area (Å²) in [7, 11) is 0. The Balaban J connectivity index is 1.23. The van der Waals surface area contributed by atoms with E-state index >= 15 is 0 Å². The number of nitrogens with zero attached hydrogens (tertiary/aromatic N) is 6. The van der Waals surface area contributed by atoms with Gasteiger partial charge in [0.1, 0.15) is 11.4 Å². The first-order valence-corrected chi connectivity index (χ1v) is 26.2. The fourth-order valence-electron chi connectivity index (χ4n) is 12.6. The molecule has 6 aromatic heterocycles. The van der Waals surface area contributed by atoms with E-state index in [0.29, 0.717) is 0 Å². The maximum Gasteiger partial charge on any atom is 0.165 e. The van der Waals surface area contributed by atoms with Gasteiger partial charge in [-0.15, -0.1) is 0 Å². The molecule has 0 saturated heterocycles. The molecule has 0 atom stereocenters. The van der Waals surface area contributed by atoms with E-state index in [1.807, 2.05) is 0 Å². The van der Waals surface area contributed by atoms with Gasteiger partial charge < -0.3 is 13.7 Å². The summed E-state index contributed by atoms with van der Waals surface area (Å²) >= 11 is 0. The van der Waals surface area contributed by atoms with Crippen LogP contribution in [-0.4, -0.2) is 28.2 Å². The average molecular weight is 971 g/mol. The van der Waals surface area contributed by atoms with Gasteiger partial charge in [0.25, 0.3) is 0 Å². The number of hydrogen-bond acceptors (Lipinski definition) is 2. The largest absolute Gasteiger partial charge is 0.306 e. The average Bonchev–Trinajstić information content (AvgIpc) is 4.23. The second-order valence-corrected chi connectivity index (χ2v) is 20.0. The molecule has 0 amide bonds. The Morgan fingerprint density at radius 3 is 1.12 bits per heavy atom. The van der Waals surface area contributed by atoms with Crippen LogP contribution in [0.25, 0.3) is 139 Å². The van der Waals surface area contributed by atoms with Crippen molar-refractivity contribution < 1.29 is 0 Å². The van der Waals surface area contributed by atoms with Crippen molar-refractivity contribution in [3.8, 4) is 56.7 Å². The zero-order valence-electron chi connectivity index (χ0n) is 41.3. The summed E-state index contributed by atoms with van der Waals surface area (Å²) in [6.45, 7) is 0. The molecule has 6 heteroatoms. The number of rotatable bonds is 7. The second kappa shape index (κ2) is 16.7. The Morgan fingerprint density at radius 1 is 0.303 bits per heavy atom. The van der Waals surface area contributed by atoms with Gasteiger partial charge in [0.2, 0.25) is 0 Å². The summed E-state index contributed by atoms with van der Waals surface area (Å²) in [6.07, 6.45) is 6.60. The Kier molecular flexibility index (Phi) is 9.36. The first-order chi connectivity index (χ1) is 37.8. The molecule has 0 saturated carbocycles. The number of benzene rings is 9. The first kappa shape index (κ1) is 42.5. The van der Waals surface area contributed by atoms with Crippen molar-refractivity contribution in [3.63, 3.8) is 0 Å². The number of hydrogen-bond donors (Lipinski definition) is 0. The maximum atomic E-state index is 6.42. The van der Waals surface area contributed by atoms with Crippen LogP contribution in [0.5, 0.6) is 0 Å². The number of para-hydroxylation sites is 7. The number of pyridine rings is 2. The monoisotopic (exact) mass is 970 g/mol. The summed E-state index contributed by atoms with van der Waals surface area (Å²) in [5.41, 5.74) is 18.7. The van der Waals surface area contributed by atoms with Crippen molar-refractivity contribution in [1.29, 1.82) is 0 Å². The molecule has 0 N–H and O–H groups in total. The fourth-order valence-corrected chi connectivity index (χ4v) is 12.6. The summed E-state index contributed by atoms with van der Waals surface area (Å²) in [5, 5.41) is 8.26. The number of aromatic nitrogens is 6. The third-order valence-electron chi connectivity index (χ3n) is 15.8. The SMILES string of the molecule is C1=Cc2c(c3ccccc3n2-c2c(-c3cc(-c4ccccc4)nc(-c4ccccc4)c3)nc(-n3c4ccccc4c4ccccc43)c(-n3c4ccccc4c4ccccc43)c2-n2c3ccccc3c3ccccc32)CC1. The normalized spacial score (nSPS) is 12.6. The molecule has 9 aromatic carbocycles. The molecule has 16 rings (SSSR count). The van der Waals surface area contributed by atoms with Gasteiger partial charge in [-0.1, -0.05) is 194 Å². The van der Waals surface area contributed by atoms with Crippen LogP contribution in [0.15, 0.2) is 249 Å². The number of allylic oxidation sites excluding steroid dienone is 1. The molecule has 0 unspecified atom stereocenters. The van der Waals surface area contributed by atoms with Crippen LogP contribution >= 0.6 is 0 Å². The van der Waals surface area contributed by atoms with Crippen molar-refractivity contribution in [2.45, 2.75) is 12.8 Å². The van der Waals surface area contributed by atoms with Crippen LogP contribution in [0.1, 0.15) is 17.7 Å². The van der Waals surface area contributed by atoms with Crippen molar-refractivity contribution in [2.75, 3.05) is 0 Å². The lowest BCUT2D eigenvalue weighted by molar-refractivity contribution is 0.942. The van der Waals surface area contributed by atoms with Gasteiger partial charge >= 0.3 is 0 Å². The predicted molar refractivity (Wildman–Crippen MR) is 316 cm³/mol. The van der Waals surface area contributed by atoms with Crippen LogP contribution in [0, 0.1) is 0 Å². The minimum atomic E-state index is 0.805.